The van der Waals surface area contributed by atoms with Crippen LogP contribution >= 0.6 is 0 Å². The summed E-state index contributed by atoms with van der Waals surface area (Å²) < 4.78 is 0. The summed E-state index contributed by atoms with van der Waals surface area (Å²) in [5.74, 6) is -3.38. The molecule has 0 aliphatic carbocycles. The summed E-state index contributed by atoms with van der Waals surface area (Å²) in [6.45, 7) is 1.56. The maximum absolute atomic E-state index is 9.13. The molecule has 0 fully saturated rings. The van der Waals surface area contributed by atoms with E-state index in [0.717, 1.165) is 13.8 Å². The van der Waals surface area contributed by atoms with Gasteiger partial charge in [0, 0.05) is 18.5 Å². The Morgan fingerprint density at radius 3 is 0.938 bits per heavy atom. The van der Waals surface area contributed by atoms with E-state index in [2.05, 4.69) is 5.73 Å². The van der Waals surface area contributed by atoms with Crippen LogP contribution in [0.25, 0.3) is 0 Å². The molecule has 0 spiro atoms. The van der Waals surface area contributed by atoms with Crippen LogP contribution in [-0.4, -0.2) is 24.5 Å². The van der Waals surface area contributed by atoms with Crippen LogP contribution in [0.3, 0.4) is 0 Å². The third-order valence-electron chi connectivity index (χ3n) is 0.167. The van der Waals surface area contributed by atoms with Gasteiger partial charge in [0.25, 0.3) is 0 Å². The Bertz CT molecular complexity index is 158. The van der Waals surface area contributed by atoms with E-state index < -0.39 is 17.9 Å². The Morgan fingerprint density at radius 2 is 0.938 bits per heavy atom. The largest absolute Gasteiger partial charge is 1.00 e. The van der Waals surface area contributed by atoms with E-state index in [1.807, 2.05) is 0 Å². The van der Waals surface area contributed by atoms with Gasteiger partial charge in [-0.15, -0.1) is 0 Å². The number of carbonyl (C=O) groups excluding carboxylic acids is 3. The van der Waals surface area contributed by atoms with E-state index in [0.29, 0.717) is 0 Å². The maximum atomic E-state index is 9.13. The Balaban J connectivity index is -0.0000000216. The molecule has 0 saturated heterocycles. The number of aliphatic carboxylic acids is 3. The molecule has 0 aromatic rings. The zero-order chi connectivity index (χ0) is 11.4. The van der Waals surface area contributed by atoms with E-state index in [-0.39, 0.29) is 95.2 Å². The van der Waals surface area contributed by atoms with Crippen LogP contribution in [0.5, 0.6) is 0 Å². The molecule has 0 aliphatic rings. The average molecular weight is 261 g/mol. The normalized spacial score (nSPS) is 5.44. The van der Waals surface area contributed by atoms with Gasteiger partial charge >= 0.3 is 88.7 Å². The zero-order valence-electron chi connectivity index (χ0n) is 10.2. The van der Waals surface area contributed by atoms with Gasteiger partial charge < -0.3 is 35.4 Å². The molecule has 0 saturated carbocycles. The van der Waals surface area contributed by atoms with Gasteiger partial charge in [0.15, 0.2) is 0 Å². The van der Waals surface area contributed by atoms with Crippen molar-refractivity contribution in [3.8, 4) is 0 Å². The van der Waals surface area contributed by atoms with Gasteiger partial charge in [0.2, 0.25) is 0 Å². The van der Waals surface area contributed by atoms with Crippen LogP contribution in [0.4, 0.5) is 0 Å². The van der Waals surface area contributed by atoms with Crippen LogP contribution in [0, 0.1) is 0 Å². The van der Waals surface area contributed by atoms with Crippen molar-refractivity contribution < 1.29 is 118 Å². The fraction of sp³-hybridized carbons (Fsp3) is 0.500. The van der Waals surface area contributed by atoms with Gasteiger partial charge in [-0.05, 0) is 13.8 Å². The van der Waals surface area contributed by atoms with Crippen molar-refractivity contribution >= 4 is 17.9 Å². The smallest absolute Gasteiger partial charge is 0.550 e. The second kappa shape index (κ2) is 29.9. The first-order chi connectivity index (χ1) is 5.73. The van der Waals surface area contributed by atoms with Crippen molar-refractivity contribution in [2.75, 3.05) is 6.54 Å². The van der Waals surface area contributed by atoms with Gasteiger partial charge in [-0.2, -0.15) is 0 Å². The van der Waals surface area contributed by atoms with E-state index in [1.54, 1.807) is 0 Å². The quantitative estimate of drug-likeness (QED) is 0.461. The molecular formula is C6H10NNa3O6. The standard InChI is InChI=1S/C2H5NO2.2C2H4O2.3Na/c3-1-2(4)5;2*1-2(3)4;;;/h1,3H2,(H,4,5);2*1H3,(H,3,4);;;/q;;;3*+1/p-3. The van der Waals surface area contributed by atoms with Crippen LogP contribution in [0.1, 0.15) is 13.8 Å². The van der Waals surface area contributed by atoms with Gasteiger partial charge in [0.1, 0.15) is 0 Å². The van der Waals surface area contributed by atoms with Crippen molar-refractivity contribution in [3.05, 3.63) is 0 Å². The fourth-order valence-corrected chi connectivity index (χ4v) is 0. The first-order valence-electron chi connectivity index (χ1n) is 2.99. The summed E-state index contributed by atoms with van der Waals surface area (Å²) in [6.07, 6.45) is 0. The Morgan fingerprint density at radius 1 is 0.875 bits per heavy atom. The van der Waals surface area contributed by atoms with Crippen LogP contribution in [-0.2, 0) is 14.4 Å². The molecule has 2 N–H and O–H groups in total. The minimum absolute atomic E-state index is 0. The summed E-state index contributed by atoms with van der Waals surface area (Å²) in [6, 6.07) is 0. The molecule has 0 aliphatic heterocycles. The molecule has 0 radical (unpaired) electrons. The average Bonchev–Trinajstić information content (AvgIpc) is 1.84. The second-order valence-electron chi connectivity index (χ2n) is 1.56. The van der Waals surface area contributed by atoms with Crippen molar-refractivity contribution in [2.24, 2.45) is 5.73 Å². The van der Waals surface area contributed by atoms with Crippen molar-refractivity contribution in [2.45, 2.75) is 13.8 Å². The molecule has 0 heterocycles. The number of carbonyl (C=O) groups is 3. The summed E-state index contributed by atoms with van der Waals surface area (Å²) in [4.78, 5) is 26.9. The van der Waals surface area contributed by atoms with E-state index >= 15 is 0 Å². The Kier molecular flexibility index (Phi) is 67.3. The third kappa shape index (κ3) is 279. The summed E-state index contributed by atoms with van der Waals surface area (Å²) in [7, 11) is 0. The van der Waals surface area contributed by atoms with Gasteiger partial charge in [-0.25, -0.2) is 0 Å². The fourth-order valence-electron chi connectivity index (χ4n) is 0. The molecule has 78 valence electrons. The zero-order valence-corrected chi connectivity index (χ0v) is 16.2. The molecule has 0 amide bonds. The number of rotatable bonds is 1. The molecule has 0 aromatic heterocycles. The van der Waals surface area contributed by atoms with Gasteiger partial charge in [0.05, 0.1) is 5.97 Å². The Labute approximate surface area is 160 Å². The van der Waals surface area contributed by atoms with Crippen LogP contribution in [0.15, 0.2) is 0 Å². The second-order valence-corrected chi connectivity index (χ2v) is 1.56. The molecule has 16 heavy (non-hydrogen) atoms. The molecule has 10 heteroatoms. The number of nitrogens with two attached hydrogens (primary N) is 1. The number of carboxylic acid groups (broad SMARTS) is 3. The SMILES string of the molecule is CC(=O)[O-].CC(=O)[O-].NCC(=O)[O-].[Na+].[Na+].[Na+]. The van der Waals surface area contributed by atoms with E-state index in [1.165, 1.54) is 0 Å². The van der Waals surface area contributed by atoms with Crippen molar-refractivity contribution in [3.63, 3.8) is 0 Å². The topological polar surface area (TPSA) is 146 Å². The number of carboxylic acids is 3. The monoisotopic (exact) mass is 261 g/mol. The predicted octanol–water partition coefficient (Wildman–Crippen LogP) is -13.8. The van der Waals surface area contributed by atoms with Crippen LogP contribution in [0.2, 0.25) is 0 Å². The van der Waals surface area contributed by atoms with Crippen molar-refractivity contribution in [1.29, 1.82) is 0 Å². The van der Waals surface area contributed by atoms with Crippen molar-refractivity contribution in [1.82, 2.24) is 0 Å². The molecule has 0 aromatic carbocycles. The van der Waals surface area contributed by atoms with Gasteiger partial charge in [-0.1, -0.05) is 0 Å². The number of hydrogen-bond acceptors (Lipinski definition) is 7. The molecule has 0 unspecified atom stereocenters. The van der Waals surface area contributed by atoms with E-state index in [9.17, 15) is 0 Å². The molecule has 7 nitrogen and oxygen atoms in total. The molecule has 0 rings (SSSR count). The first kappa shape index (κ1) is 36.0. The maximum Gasteiger partial charge on any atom is 1.00 e. The Hall–Kier alpha value is 1.37. The summed E-state index contributed by atoms with van der Waals surface area (Å²) in [5, 5.41) is 26.9. The van der Waals surface area contributed by atoms with Crippen LogP contribution < -0.4 is 110 Å². The first-order valence-corrected chi connectivity index (χ1v) is 2.99. The predicted molar refractivity (Wildman–Crippen MR) is 35.4 cm³/mol. The minimum Gasteiger partial charge on any atom is -0.550 e. The molecule has 0 bridgehead atoms. The number of hydrogen-bond donors (Lipinski definition) is 1. The minimum atomic E-state index is -1.22. The summed E-state index contributed by atoms with van der Waals surface area (Å²) >= 11 is 0. The van der Waals surface area contributed by atoms with E-state index in [4.69, 9.17) is 29.7 Å². The molecule has 0 atom stereocenters. The molecular weight excluding hydrogens is 251 g/mol. The third-order valence-corrected chi connectivity index (χ3v) is 0.167. The van der Waals surface area contributed by atoms with Gasteiger partial charge in [-0.3, -0.25) is 0 Å². The summed E-state index contributed by atoms with van der Waals surface area (Å²) in [5.41, 5.74) is 4.51.